The lowest BCUT2D eigenvalue weighted by molar-refractivity contribution is 0.572. The lowest BCUT2D eigenvalue weighted by Gasteiger charge is -2.21. The van der Waals surface area contributed by atoms with E-state index in [2.05, 4.69) is 42.6 Å². The Bertz CT molecular complexity index is 293. The molecule has 0 N–H and O–H groups in total. The number of aryl methyl sites for hydroxylation is 1. The summed E-state index contributed by atoms with van der Waals surface area (Å²) >= 11 is 0. The van der Waals surface area contributed by atoms with E-state index >= 15 is 0 Å². The number of aromatic nitrogens is 2. The highest BCUT2D eigenvalue weighted by molar-refractivity contribution is 5.29. The fourth-order valence-electron chi connectivity index (χ4n) is 1.51. The molecule has 0 fully saturated rings. The van der Waals surface area contributed by atoms with Crippen LogP contribution < -0.4 is 4.90 Å². The van der Waals surface area contributed by atoms with E-state index in [9.17, 15) is 0 Å². The van der Waals surface area contributed by atoms with Crippen molar-refractivity contribution in [3.05, 3.63) is 18.0 Å². The highest BCUT2D eigenvalue weighted by Gasteiger charge is 2.07. The molecule has 0 atom stereocenters. The van der Waals surface area contributed by atoms with Crippen LogP contribution in [0.3, 0.4) is 0 Å². The van der Waals surface area contributed by atoms with Gasteiger partial charge in [-0.05, 0) is 31.2 Å². The molecule has 0 aliphatic carbocycles. The highest BCUT2D eigenvalue weighted by Crippen LogP contribution is 2.10. The Morgan fingerprint density at radius 1 is 1.19 bits per heavy atom. The second-order valence-electron chi connectivity index (χ2n) is 4.51. The summed E-state index contributed by atoms with van der Waals surface area (Å²) in [6, 6.07) is 0. The van der Waals surface area contributed by atoms with Gasteiger partial charge < -0.3 is 4.90 Å². The fraction of sp³-hybridized carbons (Fsp3) is 0.692. The van der Waals surface area contributed by atoms with Gasteiger partial charge in [-0.15, -0.1) is 0 Å². The van der Waals surface area contributed by atoms with Gasteiger partial charge in [0.1, 0.15) is 0 Å². The predicted molar refractivity (Wildman–Crippen MR) is 68.8 cm³/mol. The Hall–Kier alpha value is -1.12. The minimum Gasteiger partial charge on any atom is -0.341 e. The van der Waals surface area contributed by atoms with E-state index in [0.29, 0.717) is 0 Å². The Kier molecular flexibility index (Phi) is 5.23. The van der Waals surface area contributed by atoms with E-state index in [1.165, 1.54) is 12.0 Å². The molecule has 1 rings (SSSR count). The van der Waals surface area contributed by atoms with Crippen LogP contribution in [-0.4, -0.2) is 23.1 Å². The monoisotopic (exact) mass is 221 g/mol. The summed E-state index contributed by atoms with van der Waals surface area (Å²) in [7, 11) is 0. The molecule has 0 amide bonds. The zero-order chi connectivity index (χ0) is 12.0. The maximum atomic E-state index is 4.41. The molecule has 90 valence electrons. The van der Waals surface area contributed by atoms with Crippen molar-refractivity contribution in [2.75, 3.05) is 18.0 Å². The van der Waals surface area contributed by atoms with Crippen LogP contribution in [-0.2, 0) is 6.42 Å². The molecule has 0 bridgehead atoms. The number of nitrogens with zero attached hydrogens (tertiary/aromatic N) is 3. The van der Waals surface area contributed by atoms with Crippen LogP contribution in [0.5, 0.6) is 0 Å². The lowest BCUT2D eigenvalue weighted by Crippen LogP contribution is -2.26. The van der Waals surface area contributed by atoms with Crippen LogP contribution in [0.4, 0.5) is 5.95 Å². The second kappa shape index (κ2) is 6.46. The third-order valence-electron chi connectivity index (χ3n) is 2.74. The van der Waals surface area contributed by atoms with E-state index in [-0.39, 0.29) is 0 Å². The molecular weight excluding hydrogens is 198 g/mol. The normalized spacial score (nSPS) is 10.8. The van der Waals surface area contributed by atoms with Crippen molar-refractivity contribution in [1.82, 2.24) is 9.97 Å². The van der Waals surface area contributed by atoms with Crippen molar-refractivity contribution in [2.45, 2.75) is 40.5 Å². The molecule has 0 spiro atoms. The molecule has 1 aromatic rings. The first-order valence-corrected chi connectivity index (χ1v) is 6.23. The summed E-state index contributed by atoms with van der Waals surface area (Å²) in [4.78, 5) is 11.1. The molecule has 3 nitrogen and oxygen atoms in total. The van der Waals surface area contributed by atoms with Crippen molar-refractivity contribution in [1.29, 1.82) is 0 Å². The fourth-order valence-corrected chi connectivity index (χ4v) is 1.51. The molecule has 0 aliphatic rings. The number of anilines is 1. The molecule has 0 aliphatic heterocycles. The lowest BCUT2D eigenvalue weighted by atomic mass is 10.1. The Morgan fingerprint density at radius 3 is 2.25 bits per heavy atom. The third kappa shape index (κ3) is 3.80. The van der Waals surface area contributed by atoms with Crippen LogP contribution in [0.15, 0.2) is 12.4 Å². The molecule has 3 heteroatoms. The first-order chi connectivity index (χ1) is 7.67. The van der Waals surface area contributed by atoms with E-state index < -0.39 is 0 Å². The van der Waals surface area contributed by atoms with Gasteiger partial charge in [-0.25, -0.2) is 9.97 Å². The summed E-state index contributed by atoms with van der Waals surface area (Å²) in [5.74, 6) is 1.59. The van der Waals surface area contributed by atoms with Crippen LogP contribution in [0.2, 0.25) is 0 Å². The standard InChI is InChI=1S/C13H23N3/c1-5-12-9-14-13(15-10-12)16(6-2)8-7-11(3)4/h9-11H,5-8H2,1-4H3. The first-order valence-electron chi connectivity index (χ1n) is 6.23. The molecule has 0 saturated carbocycles. The van der Waals surface area contributed by atoms with Crippen molar-refractivity contribution >= 4 is 5.95 Å². The van der Waals surface area contributed by atoms with Crippen molar-refractivity contribution in [3.8, 4) is 0 Å². The quantitative estimate of drug-likeness (QED) is 0.739. The van der Waals surface area contributed by atoms with Gasteiger partial charge in [0.05, 0.1) is 0 Å². The summed E-state index contributed by atoms with van der Waals surface area (Å²) in [6.45, 7) is 10.8. The average molecular weight is 221 g/mol. The maximum Gasteiger partial charge on any atom is 0.225 e. The van der Waals surface area contributed by atoms with Gasteiger partial charge in [0, 0.05) is 25.5 Å². The maximum absolute atomic E-state index is 4.41. The summed E-state index contributed by atoms with van der Waals surface area (Å²) in [5, 5.41) is 0. The van der Waals surface area contributed by atoms with Crippen LogP contribution in [0, 0.1) is 5.92 Å². The average Bonchev–Trinajstić information content (AvgIpc) is 2.30. The van der Waals surface area contributed by atoms with Crippen LogP contribution in [0.25, 0.3) is 0 Å². The molecular formula is C13H23N3. The van der Waals surface area contributed by atoms with Gasteiger partial charge in [0.2, 0.25) is 5.95 Å². The minimum absolute atomic E-state index is 0.726. The van der Waals surface area contributed by atoms with Gasteiger partial charge in [0.25, 0.3) is 0 Å². The highest BCUT2D eigenvalue weighted by atomic mass is 15.2. The van der Waals surface area contributed by atoms with E-state index in [1.54, 1.807) is 0 Å². The smallest absolute Gasteiger partial charge is 0.225 e. The van der Waals surface area contributed by atoms with Crippen LogP contribution in [0.1, 0.15) is 39.7 Å². The SMILES string of the molecule is CCc1cnc(N(CC)CCC(C)C)nc1. The Balaban J connectivity index is 2.63. The topological polar surface area (TPSA) is 29.0 Å². The van der Waals surface area contributed by atoms with Gasteiger partial charge in [-0.3, -0.25) is 0 Å². The zero-order valence-corrected chi connectivity index (χ0v) is 10.9. The molecule has 0 aromatic carbocycles. The van der Waals surface area contributed by atoms with Gasteiger partial charge in [-0.2, -0.15) is 0 Å². The van der Waals surface area contributed by atoms with E-state index in [0.717, 1.165) is 31.4 Å². The molecule has 1 heterocycles. The van der Waals surface area contributed by atoms with E-state index in [4.69, 9.17) is 0 Å². The molecule has 0 saturated heterocycles. The number of rotatable bonds is 6. The summed E-state index contributed by atoms with van der Waals surface area (Å²) < 4.78 is 0. The summed E-state index contributed by atoms with van der Waals surface area (Å²) in [6.07, 6.45) is 6.05. The summed E-state index contributed by atoms with van der Waals surface area (Å²) in [5.41, 5.74) is 1.20. The predicted octanol–water partition coefficient (Wildman–Crippen LogP) is 2.91. The number of hydrogen-bond acceptors (Lipinski definition) is 3. The van der Waals surface area contributed by atoms with Crippen LogP contribution >= 0.6 is 0 Å². The molecule has 0 radical (unpaired) electrons. The number of hydrogen-bond donors (Lipinski definition) is 0. The first kappa shape index (κ1) is 12.9. The minimum atomic E-state index is 0.726. The Morgan fingerprint density at radius 2 is 1.81 bits per heavy atom. The van der Waals surface area contributed by atoms with Gasteiger partial charge in [0.15, 0.2) is 0 Å². The van der Waals surface area contributed by atoms with Crippen molar-refractivity contribution in [2.24, 2.45) is 5.92 Å². The Labute approximate surface area is 98.9 Å². The van der Waals surface area contributed by atoms with Crippen molar-refractivity contribution < 1.29 is 0 Å². The van der Waals surface area contributed by atoms with Gasteiger partial charge in [-0.1, -0.05) is 20.8 Å². The molecule has 16 heavy (non-hydrogen) atoms. The second-order valence-corrected chi connectivity index (χ2v) is 4.51. The zero-order valence-electron chi connectivity index (χ0n) is 10.9. The largest absolute Gasteiger partial charge is 0.341 e. The third-order valence-corrected chi connectivity index (χ3v) is 2.74. The van der Waals surface area contributed by atoms with Gasteiger partial charge >= 0.3 is 0 Å². The van der Waals surface area contributed by atoms with Crippen molar-refractivity contribution in [3.63, 3.8) is 0 Å². The molecule has 1 aromatic heterocycles. The van der Waals surface area contributed by atoms with E-state index in [1.807, 2.05) is 12.4 Å². The molecule has 0 unspecified atom stereocenters.